The molecule has 0 saturated carbocycles. The average molecular weight is 288 g/mol. The van der Waals surface area contributed by atoms with E-state index < -0.39 is 0 Å². The van der Waals surface area contributed by atoms with Crippen molar-refractivity contribution in [1.82, 2.24) is 10.1 Å². The van der Waals surface area contributed by atoms with Crippen LogP contribution in [-0.2, 0) is 11.3 Å². The Morgan fingerprint density at radius 3 is 2.86 bits per heavy atom. The molecule has 0 fully saturated rings. The zero-order chi connectivity index (χ0) is 15.1. The van der Waals surface area contributed by atoms with E-state index in [1.807, 2.05) is 24.3 Å². The lowest BCUT2D eigenvalue weighted by Crippen LogP contribution is -2.13. The number of hydrogen-bond donors (Lipinski definition) is 2. The number of rotatable bonds is 7. The van der Waals surface area contributed by atoms with E-state index >= 15 is 0 Å². The molecule has 0 saturated heterocycles. The quantitative estimate of drug-likeness (QED) is 0.818. The summed E-state index contributed by atoms with van der Waals surface area (Å²) in [4.78, 5) is 15.9. The number of aromatic nitrogens is 2. The molecule has 0 spiro atoms. The van der Waals surface area contributed by atoms with Gasteiger partial charge in [0.2, 0.25) is 11.8 Å². The maximum Gasteiger partial charge on any atom is 0.263 e. The number of carbonyl (C=O) groups is 1. The van der Waals surface area contributed by atoms with Gasteiger partial charge < -0.3 is 15.2 Å². The van der Waals surface area contributed by atoms with Crippen LogP contribution in [-0.4, -0.2) is 16.0 Å². The standard InChI is InChI=1S/C15H20N4O2/c1-3-4-9-14(20)18-13-8-6-5-7-12(13)10-16-15-17-11(2)21-19-15/h5-8H,3-4,9-10H2,1-2H3,(H,16,19)(H,18,20). The molecule has 0 atom stereocenters. The van der Waals surface area contributed by atoms with Gasteiger partial charge in [-0.15, -0.1) is 0 Å². The molecule has 2 rings (SSSR count). The summed E-state index contributed by atoms with van der Waals surface area (Å²) in [6.07, 6.45) is 2.45. The number of benzene rings is 1. The van der Waals surface area contributed by atoms with E-state index in [-0.39, 0.29) is 5.91 Å². The zero-order valence-electron chi connectivity index (χ0n) is 12.3. The van der Waals surface area contributed by atoms with E-state index in [2.05, 4.69) is 27.7 Å². The Labute approximate surface area is 123 Å². The van der Waals surface area contributed by atoms with Crippen LogP contribution in [0.4, 0.5) is 11.6 Å². The molecule has 1 amide bonds. The Kier molecular flexibility index (Phi) is 5.31. The third kappa shape index (κ3) is 4.59. The summed E-state index contributed by atoms with van der Waals surface area (Å²) in [6.45, 7) is 4.32. The summed E-state index contributed by atoms with van der Waals surface area (Å²) in [5.41, 5.74) is 1.79. The Morgan fingerprint density at radius 1 is 1.33 bits per heavy atom. The van der Waals surface area contributed by atoms with Gasteiger partial charge in [0.05, 0.1) is 0 Å². The minimum atomic E-state index is 0.0414. The fourth-order valence-electron chi connectivity index (χ4n) is 1.89. The van der Waals surface area contributed by atoms with Crippen molar-refractivity contribution in [1.29, 1.82) is 0 Å². The normalized spacial score (nSPS) is 10.4. The summed E-state index contributed by atoms with van der Waals surface area (Å²) in [7, 11) is 0. The molecule has 0 unspecified atom stereocenters. The summed E-state index contributed by atoms with van der Waals surface area (Å²) in [6, 6.07) is 7.68. The van der Waals surface area contributed by atoms with Crippen molar-refractivity contribution in [2.75, 3.05) is 10.6 Å². The van der Waals surface area contributed by atoms with E-state index in [1.165, 1.54) is 0 Å². The fraction of sp³-hybridized carbons (Fsp3) is 0.400. The first-order valence-corrected chi connectivity index (χ1v) is 7.11. The van der Waals surface area contributed by atoms with Crippen molar-refractivity contribution >= 4 is 17.5 Å². The van der Waals surface area contributed by atoms with Crippen LogP contribution >= 0.6 is 0 Å². The maximum absolute atomic E-state index is 11.8. The molecule has 0 aliphatic carbocycles. The lowest BCUT2D eigenvalue weighted by atomic mass is 10.1. The number of nitrogens with zero attached hydrogens (tertiary/aromatic N) is 2. The highest BCUT2D eigenvalue weighted by Crippen LogP contribution is 2.17. The van der Waals surface area contributed by atoms with E-state index in [0.717, 1.165) is 24.1 Å². The number of aryl methyl sites for hydroxylation is 1. The summed E-state index contributed by atoms with van der Waals surface area (Å²) < 4.78 is 4.90. The number of carbonyl (C=O) groups excluding carboxylic acids is 1. The highest BCUT2D eigenvalue weighted by Gasteiger charge is 2.07. The van der Waals surface area contributed by atoms with Crippen LogP contribution in [0.2, 0.25) is 0 Å². The third-order valence-corrected chi connectivity index (χ3v) is 3.01. The van der Waals surface area contributed by atoms with Gasteiger partial charge in [-0.2, -0.15) is 4.98 Å². The number of para-hydroxylation sites is 1. The third-order valence-electron chi connectivity index (χ3n) is 3.01. The average Bonchev–Trinajstić information content (AvgIpc) is 2.90. The highest BCUT2D eigenvalue weighted by atomic mass is 16.5. The smallest absolute Gasteiger partial charge is 0.263 e. The van der Waals surface area contributed by atoms with E-state index in [4.69, 9.17) is 4.52 Å². The molecule has 21 heavy (non-hydrogen) atoms. The molecule has 1 heterocycles. The van der Waals surface area contributed by atoms with Crippen LogP contribution in [0, 0.1) is 6.92 Å². The minimum absolute atomic E-state index is 0.0414. The molecular weight excluding hydrogens is 268 g/mol. The molecule has 2 aromatic rings. The lowest BCUT2D eigenvalue weighted by molar-refractivity contribution is -0.116. The van der Waals surface area contributed by atoms with Crippen molar-refractivity contribution < 1.29 is 9.32 Å². The Balaban J connectivity index is 1.97. The van der Waals surface area contributed by atoms with Crippen molar-refractivity contribution in [3.05, 3.63) is 35.7 Å². The number of unbranched alkanes of at least 4 members (excludes halogenated alkanes) is 1. The van der Waals surface area contributed by atoms with Gasteiger partial charge in [0, 0.05) is 25.6 Å². The molecule has 1 aromatic heterocycles. The summed E-state index contributed by atoms with van der Waals surface area (Å²) >= 11 is 0. The second-order valence-corrected chi connectivity index (χ2v) is 4.80. The molecule has 0 aliphatic heterocycles. The maximum atomic E-state index is 11.8. The van der Waals surface area contributed by atoms with Gasteiger partial charge in [0.25, 0.3) is 5.95 Å². The molecule has 0 aliphatic rings. The van der Waals surface area contributed by atoms with Crippen LogP contribution in [0.15, 0.2) is 28.8 Å². The predicted octanol–water partition coefficient (Wildman–Crippen LogP) is 3.12. The molecule has 0 radical (unpaired) electrons. The van der Waals surface area contributed by atoms with Crippen LogP contribution in [0.1, 0.15) is 37.6 Å². The van der Waals surface area contributed by atoms with Gasteiger partial charge >= 0.3 is 0 Å². The molecule has 6 heteroatoms. The first-order chi connectivity index (χ1) is 10.2. The monoisotopic (exact) mass is 288 g/mol. The van der Waals surface area contributed by atoms with Gasteiger partial charge in [-0.3, -0.25) is 4.79 Å². The Hall–Kier alpha value is -2.37. The summed E-state index contributed by atoms with van der Waals surface area (Å²) in [5.74, 6) is 0.998. The predicted molar refractivity (Wildman–Crippen MR) is 81.0 cm³/mol. The highest BCUT2D eigenvalue weighted by molar-refractivity contribution is 5.91. The van der Waals surface area contributed by atoms with Crippen molar-refractivity contribution in [3.8, 4) is 0 Å². The lowest BCUT2D eigenvalue weighted by Gasteiger charge is -2.11. The number of amides is 1. The van der Waals surface area contributed by atoms with Crippen LogP contribution in [0.25, 0.3) is 0 Å². The van der Waals surface area contributed by atoms with Gasteiger partial charge in [-0.05, 0) is 23.2 Å². The first kappa shape index (κ1) is 15.0. The van der Waals surface area contributed by atoms with E-state index in [0.29, 0.717) is 24.8 Å². The van der Waals surface area contributed by atoms with Gasteiger partial charge in [0.1, 0.15) is 0 Å². The molecule has 2 N–H and O–H groups in total. The molecule has 112 valence electrons. The van der Waals surface area contributed by atoms with Crippen molar-refractivity contribution in [2.45, 2.75) is 39.7 Å². The zero-order valence-corrected chi connectivity index (χ0v) is 12.3. The van der Waals surface area contributed by atoms with Gasteiger partial charge in [-0.25, -0.2) is 0 Å². The van der Waals surface area contributed by atoms with Crippen molar-refractivity contribution in [3.63, 3.8) is 0 Å². The van der Waals surface area contributed by atoms with Crippen molar-refractivity contribution in [2.24, 2.45) is 0 Å². The van der Waals surface area contributed by atoms with Gasteiger partial charge in [0.15, 0.2) is 0 Å². The van der Waals surface area contributed by atoms with E-state index in [9.17, 15) is 4.79 Å². The van der Waals surface area contributed by atoms with E-state index in [1.54, 1.807) is 6.92 Å². The van der Waals surface area contributed by atoms with Crippen LogP contribution < -0.4 is 10.6 Å². The number of nitrogens with one attached hydrogen (secondary N) is 2. The second-order valence-electron chi connectivity index (χ2n) is 4.80. The summed E-state index contributed by atoms with van der Waals surface area (Å²) in [5, 5.41) is 9.79. The molecule has 6 nitrogen and oxygen atoms in total. The van der Waals surface area contributed by atoms with Crippen LogP contribution in [0.5, 0.6) is 0 Å². The van der Waals surface area contributed by atoms with Crippen LogP contribution in [0.3, 0.4) is 0 Å². The molecular formula is C15H20N4O2. The topological polar surface area (TPSA) is 80.0 Å². The SMILES string of the molecule is CCCCC(=O)Nc1ccccc1CNc1noc(C)n1. The first-order valence-electron chi connectivity index (χ1n) is 7.11. The molecule has 0 bridgehead atoms. The largest absolute Gasteiger partial charge is 0.347 e. The number of anilines is 2. The Bertz CT molecular complexity index is 595. The number of hydrogen-bond acceptors (Lipinski definition) is 5. The Morgan fingerprint density at radius 2 is 2.14 bits per heavy atom. The minimum Gasteiger partial charge on any atom is -0.347 e. The van der Waals surface area contributed by atoms with Gasteiger partial charge in [-0.1, -0.05) is 31.5 Å². The molecule has 1 aromatic carbocycles. The fourth-order valence-corrected chi connectivity index (χ4v) is 1.89. The second kappa shape index (κ2) is 7.42.